The van der Waals surface area contributed by atoms with E-state index in [4.69, 9.17) is 24.1 Å². The molecule has 1 N–H and O–H groups in total. The summed E-state index contributed by atoms with van der Waals surface area (Å²) >= 11 is 0. The summed E-state index contributed by atoms with van der Waals surface area (Å²) in [5, 5.41) is 8.79. The molecule has 8 atom stereocenters. The van der Waals surface area contributed by atoms with Crippen LogP contribution in [0.15, 0.2) is 0 Å². The fourth-order valence-electron chi connectivity index (χ4n) is 3.36. The van der Waals surface area contributed by atoms with Gasteiger partial charge in [-0.2, -0.15) is 0 Å². The van der Waals surface area contributed by atoms with Crippen LogP contribution >= 0.6 is 0 Å². The second-order valence-electron chi connectivity index (χ2n) is 6.61. The van der Waals surface area contributed by atoms with Gasteiger partial charge in [0.05, 0.1) is 31.0 Å². The van der Waals surface area contributed by atoms with E-state index in [1.807, 2.05) is 0 Å². The summed E-state index contributed by atoms with van der Waals surface area (Å²) < 4.78 is 21.0. The maximum Gasteiger partial charge on any atom is 0.151 e. The summed E-state index contributed by atoms with van der Waals surface area (Å²) in [6.45, 7) is 8.48. The highest BCUT2D eigenvalue weighted by molar-refractivity contribution is 5.60. The lowest BCUT2D eigenvalue weighted by Crippen LogP contribution is -2.25. The third kappa shape index (κ3) is 5.77. The van der Waals surface area contributed by atoms with Crippen molar-refractivity contribution in [3.05, 3.63) is 0 Å². The Morgan fingerprint density at radius 2 is 1.50 bits per heavy atom. The molecule has 2 heterocycles. The van der Waals surface area contributed by atoms with Gasteiger partial charge >= 0.3 is 0 Å². The predicted octanol–water partition coefficient (Wildman–Crippen LogP) is 1.82. The van der Waals surface area contributed by atoms with Crippen LogP contribution in [0.25, 0.3) is 0 Å². The van der Waals surface area contributed by atoms with E-state index in [9.17, 15) is 4.79 Å². The Hall–Kier alpha value is -0.530. The van der Waals surface area contributed by atoms with Crippen molar-refractivity contribution in [2.75, 3.05) is 20.8 Å². The Labute approximate surface area is 145 Å². The minimum Gasteiger partial charge on any atom is -0.394 e. The average molecular weight is 346 g/mol. The van der Waals surface area contributed by atoms with Crippen molar-refractivity contribution in [2.45, 2.75) is 77.2 Å². The van der Waals surface area contributed by atoms with E-state index in [1.165, 1.54) is 0 Å². The SMILES string of the molecule is CC[C@@H](OC)[C@H](C)[C@H]1O[C@@H]1C=O.CC[C@@H](OC)[C@H](C)[C@H]1O[C@@H]1CO. The number of rotatable bonds is 10. The first-order valence-electron chi connectivity index (χ1n) is 8.91. The smallest absolute Gasteiger partial charge is 0.151 e. The first-order chi connectivity index (χ1) is 11.5. The maximum atomic E-state index is 10.3. The van der Waals surface area contributed by atoms with Gasteiger partial charge in [-0.1, -0.05) is 27.7 Å². The summed E-state index contributed by atoms with van der Waals surface area (Å²) in [7, 11) is 3.42. The molecule has 2 fully saturated rings. The van der Waals surface area contributed by atoms with Crippen LogP contribution in [-0.4, -0.2) is 68.8 Å². The molecule has 0 aromatic carbocycles. The molecular weight excluding hydrogens is 312 g/mol. The summed E-state index contributed by atoms with van der Waals surface area (Å²) in [6, 6.07) is 0. The van der Waals surface area contributed by atoms with Gasteiger partial charge in [0.15, 0.2) is 6.29 Å². The molecule has 2 rings (SSSR count). The van der Waals surface area contributed by atoms with Gasteiger partial charge in [0.2, 0.25) is 0 Å². The van der Waals surface area contributed by atoms with Gasteiger partial charge in [-0.25, -0.2) is 0 Å². The molecule has 0 unspecified atom stereocenters. The van der Waals surface area contributed by atoms with E-state index in [0.717, 1.165) is 19.1 Å². The average Bonchev–Trinajstić information content (AvgIpc) is 3.50. The molecule has 0 bridgehead atoms. The lowest BCUT2D eigenvalue weighted by atomic mass is 9.97. The Kier molecular flexibility index (Phi) is 9.37. The van der Waals surface area contributed by atoms with Crippen LogP contribution in [0, 0.1) is 11.8 Å². The van der Waals surface area contributed by atoms with Crippen molar-refractivity contribution in [3.8, 4) is 0 Å². The van der Waals surface area contributed by atoms with Gasteiger partial charge < -0.3 is 28.8 Å². The molecule has 6 nitrogen and oxygen atoms in total. The van der Waals surface area contributed by atoms with E-state index >= 15 is 0 Å². The minimum absolute atomic E-state index is 0.0594. The second-order valence-corrected chi connectivity index (χ2v) is 6.61. The van der Waals surface area contributed by atoms with Gasteiger partial charge in [0.25, 0.3) is 0 Å². The van der Waals surface area contributed by atoms with Crippen LogP contribution < -0.4 is 0 Å². The fraction of sp³-hybridized carbons (Fsp3) is 0.944. The molecule has 2 aliphatic heterocycles. The Morgan fingerprint density at radius 3 is 1.79 bits per heavy atom. The Balaban J connectivity index is 0.000000240. The molecule has 0 saturated carbocycles. The normalized spacial score (nSPS) is 32.8. The lowest BCUT2D eigenvalue weighted by Gasteiger charge is -2.19. The zero-order valence-electron chi connectivity index (χ0n) is 15.8. The van der Waals surface area contributed by atoms with E-state index in [1.54, 1.807) is 14.2 Å². The van der Waals surface area contributed by atoms with E-state index < -0.39 is 0 Å². The zero-order chi connectivity index (χ0) is 18.3. The van der Waals surface area contributed by atoms with Crippen LogP contribution in [0.4, 0.5) is 0 Å². The predicted molar refractivity (Wildman–Crippen MR) is 91.0 cm³/mol. The third-order valence-electron chi connectivity index (χ3n) is 5.12. The highest BCUT2D eigenvalue weighted by Gasteiger charge is 2.45. The second kappa shape index (κ2) is 10.5. The number of carbonyl (C=O) groups is 1. The first-order valence-corrected chi connectivity index (χ1v) is 8.91. The molecule has 0 aliphatic carbocycles. The number of ether oxygens (including phenoxy) is 4. The van der Waals surface area contributed by atoms with Gasteiger partial charge in [-0.05, 0) is 12.8 Å². The number of aliphatic hydroxyl groups is 1. The quantitative estimate of drug-likeness (QED) is 0.480. The van der Waals surface area contributed by atoms with Gasteiger partial charge in [0, 0.05) is 26.1 Å². The largest absolute Gasteiger partial charge is 0.394 e. The summed E-state index contributed by atoms with van der Waals surface area (Å²) in [5.74, 6) is 0.701. The van der Waals surface area contributed by atoms with Crippen molar-refractivity contribution >= 4 is 6.29 Å². The molecule has 0 spiro atoms. The van der Waals surface area contributed by atoms with Crippen molar-refractivity contribution in [3.63, 3.8) is 0 Å². The summed E-state index contributed by atoms with van der Waals surface area (Å²) in [4.78, 5) is 10.3. The maximum absolute atomic E-state index is 10.3. The lowest BCUT2D eigenvalue weighted by molar-refractivity contribution is -0.108. The molecule has 6 heteroatoms. The highest BCUT2D eigenvalue weighted by Crippen LogP contribution is 2.33. The standard InChI is InChI=1S/C9H18O3.C9H16O3/c2*1-4-7(11-3)6(2)9-8(5-10)12-9/h6-10H,4-5H2,1-3H3;5-9H,4H2,1-3H3/t2*6-,7+,8+,9+/m00/s1. The number of aldehydes is 1. The zero-order valence-corrected chi connectivity index (χ0v) is 15.8. The molecular formula is C18H34O6. The summed E-state index contributed by atoms with van der Waals surface area (Å²) in [5.41, 5.74) is 0. The summed E-state index contributed by atoms with van der Waals surface area (Å²) in [6.07, 6.45) is 3.47. The monoisotopic (exact) mass is 346 g/mol. The van der Waals surface area contributed by atoms with E-state index in [2.05, 4.69) is 27.7 Å². The van der Waals surface area contributed by atoms with Crippen molar-refractivity contribution in [2.24, 2.45) is 11.8 Å². The Morgan fingerprint density at radius 1 is 1.00 bits per heavy atom. The third-order valence-corrected chi connectivity index (χ3v) is 5.12. The van der Waals surface area contributed by atoms with Crippen LogP contribution in [0.1, 0.15) is 40.5 Å². The number of epoxide rings is 2. The molecule has 2 saturated heterocycles. The van der Waals surface area contributed by atoms with E-state index in [0.29, 0.717) is 11.8 Å². The van der Waals surface area contributed by atoms with Crippen molar-refractivity contribution in [1.29, 1.82) is 0 Å². The highest BCUT2D eigenvalue weighted by atomic mass is 16.6. The number of aliphatic hydroxyl groups excluding tert-OH is 1. The number of methoxy groups -OCH3 is 2. The topological polar surface area (TPSA) is 80.8 Å². The molecule has 0 aromatic rings. The molecule has 2 aliphatic rings. The molecule has 0 aromatic heterocycles. The fourth-order valence-corrected chi connectivity index (χ4v) is 3.36. The van der Waals surface area contributed by atoms with Crippen LogP contribution in [0.3, 0.4) is 0 Å². The number of hydrogen-bond donors (Lipinski definition) is 1. The minimum atomic E-state index is -0.177. The molecule has 142 valence electrons. The van der Waals surface area contributed by atoms with E-state index in [-0.39, 0.29) is 43.2 Å². The molecule has 0 radical (unpaired) electrons. The number of carbonyl (C=O) groups excluding carboxylic acids is 1. The van der Waals surface area contributed by atoms with Crippen molar-refractivity contribution in [1.82, 2.24) is 0 Å². The molecule has 0 amide bonds. The Bertz CT molecular complexity index is 355. The van der Waals surface area contributed by atoms with Crippen LogP contribution in [0.2, 0.25) is 0 Å². The molecule has 24 heavy (non-hydrogen) atoms. The van der Waals surface area contributed by atoms with Gasteiger partial charge in [-0.3, -0.25) is 0 Å². The number of hydrogen-bond acceptors (Lipinski definition) is 6. The van der Waals surface area contributed by atoms with Crippen LogP contribution in [-0.2, 0) is 23.7 Å². The first kappa shape index (κ1) is 21.5. The van der Waals surface area contributed by atoms with Crippen LogP contribution in [0.5, 0.6) is 0 Å². The van der Waals surface area contributed by atoms with Gasteiger partial charge in [0.1, 0.15) is 12.2 Å². The van der Waals surface area contributed by atoms with Crippen molar-refractivity contribution < 1.29 is 28.8 Å². The van der Waals surface area contributed by atoms with Gasteiger partial charge in [-0.15, -0.1) is 0 Å².